The third-order valence-electron chi connectivity index (χ3n) is 3.77. The molecule has 88 valence electrons. The van der Waals surface area contributed by atoms with E-state index in [4.69, 9.17) is 13.0 Å². The molecule has 2 nitrogen and oxygen atoms in total. The summed E-state index contributed by atoms with van der Waals surface area (Å²) in [6.07, 6.45) is 3.25. The number of amides is 1. The predicted molar refractivity (Wildman–Crippen MR) is 68.2 cm³/mol. The first-order valence-electron chi connectivity index (χ1n) is 6.31. The number of fused-ring (bicyclic) bond motifs is 3. The third kappa shape index (κ3) is 1.67. The molecule has 1 heterocycles. The van der Waals surface area contributed by atoms with E-state index >= 15 is 0 Å². The summed E-state index contributed by atoms with van der Waals surface area (Å²) in [7, 11) is 1.82. The Morgan fingerprint density at radius 1 is 1.53 bits per heavy atom. The van der Waals surface area contributed by atoms with Crippen molar-refractivity contribution in [1.29, 1.82) is 0 Å². The molecule has 0 saturated carbocycles. The van der Waals surface area contributed by atoms with Gasteiger partial charge >= 0.3 is 0 Å². The minimum Gasteiger partial charge on any atom is -0.338 e. The number of halogens is 1. The van der Waals surface area contributed by atoms with Crippen LogP contribution in [0.25, 0.3) is 0 Å². The Balaban J connectivity index is 2.12. The summed E-state index contributed by atoms with van der Waals surface area (Å²) in [5.41, 5.74) is 2.36. The smallest absolute Gasteiger partial charge is 0.246 e. The number of rotatable bonds is 0. The lowest BCUT2D eigenvalue weighted by Crippen LogP contribution is -2.44. The van der Waals surface area contributed by atoms with Crippen LogP contribution >= 0.6 is 11.6 Å². The van der Waals surface area contributed by atoms with E-state index in [1.54, 1.807) is 4.90 Å². The van der Waals surface area contributed by atoms with Gasteiger partial charge in [0.1, 0.15) is 0 Å². The molecule has 1 aromatic rings. The molecule has 0 radical (unpaired) electrons. The average Bonchev–Trinajstić information content (AvgIpc) is 2.34. The van der Waals surface area contributed by atoms with Gasteiger partial charge in [-0.3, -0.25) is 4.79 Å². The number of likely N-dealkylation sites (N-methyl/N-ethyl adjacent to an activating group) is 1. The quantitative estimate of drug-likeness (QED) is 0.691. The molecule has 1 aliphatic heterocycles. The molecule has 0 bridgehead atoms. The van der Waals surface area contributed by atoms with Gasteiger partial charge in [0.15, 0.2) is 0 Å². The molecule has 1 aliphatic carbocycles. The van der Waals surface area contributed by atoms with Crippen LogP contribution in [0, 0.1) is 0 Å². The Hall–Kier alpha value is -1.28. The van der Waals surface area contributed by atoms with Crippen molar-refractivity contribution in [2.75, 3.05) is 7.05 Å². The standard InChI is InChI=1S/C14H14ClNO/c1-16-13-6-2-9-8-10(15)3-4-11(9)12(13)5-7-14(16)17/h3-5,7-8,12-13H,2,6H2,1H3/i5D. The summed E-state index contributed by atoms with van der Waals surface area (Å²) in [5, 5.41) is 0.739. The summed E-state index contributed by atoms with van der Waals surface area (Å²) in [6.45, 7) is 0. The topological polar surface area (TPSA) is 20.3 Å². The highest BCUT2D eigenvalue weighted by molar-refractivity contribution is 6.30. The van der Waals surface area contributed by atoms with Gasteiger partial charge in [-0.15, -0.1) is 0 Å². The van der Waals surface area contributed by atoms with Gasteiger partial charge in [-0.05, 0) is 42.2 Å². The largest absolute Gasteiger partial charge is 0.338 e. The molecule has 2 aliphatic rings. The van der Waals surface area contributed by atoms with E-state index in [0.29, 0.717) is 6.05 Å². The molecule has 0 aromatic heterocycles. The first-order valence-corrected chi connectivity index (χ1v) is 6.19. The number of nitrogens with zero attached hydrogens (tertiary/aromatic N) is 1. The fourth-order valence-corrected chi connectivity index (χ4v) is 3.01. The fourth-order valence-electron chi connectivity index (χ4n) is 2.82. The van der Waals surface area contributed by atoms with Crippen LogP contribution in [0.3, 0.4) is 0 Å². The van der Waals surface area contributed by atoms with Crippen LogP contribution in [0.1, 0.15) is 24.8 Å². The molecule has 1 aromatic carbocycles. The maximum absolute atomic E-state index is 11.7. The number of carbonyl (C=O) groups is 1. The Morgan fingerprint density at radius 3 is 3.18 bits per heavy atom. The van der Waals surface area contributed by atoms with Crippen molar-refractivity contribution in [2.24, 2.45) is 0 Å². The number of benzene rings is 1. The SMILES string of the molecule is [2H]C1=CC(=O)N(C)C2CCc3cc(Cl)ccc3C12. The van der Waals surface area contributed by atoms with Crippen molar-refractivity contribution < 1.29 is 6.17 Å². The molecule has 1 amide bonds. The van der Waals surface area contributed by atoms with E-state index in [9.17, 15) is 4.79 Å². The first-order chi connectivity index (χ1) is 8.58. The highest BCUT2D eigenvalue weighted by Crippen LogP contribution is 2.38. The molecule has 0 fully saturated rings. The van der Waals surface area contributed by atoms with Crippen LogP contribution in [0.4, 0.5) is 0 Å². The van der Waals surface area contributed by atoms with Gasteiger partial charge in [-0.1, -0.05) is 23.7 Å². The fraction of sp³-hybridized carbons (Fsp3) is 0.357. The molecular formula is C14H14ClNO. The first kappa shape index (κ1) is 9.72. The Morgan fingerprint density at radius 2 is 2.35 bits per heavy atom. The zero-order chi connectivity index (χ0) is 12.9. The van der Waals surface area contributed by atoms with E-state index in [-0.39, 0.29) is 17.9 Å². The average molecular weight is 249 g/mol. The Kier molecular flexibility index (Phi) is 2.22. The van der Waals surface area contributed by atoms with Crippen LogP contribution in [0.2, 0.25) is 5.02 Å². The van der Waals surface area contributed by atoms with Crippen molar-refractivity contribution >= 4 is 17.5 Å². The highest BCUT2D eigenvalue weighted by Gasteiger charge is 2.34. The van der Waals surface area contributed by atoms with Crippen molar-refractivity contribution in [3.63, 3.8) is 0 Å². The minimum atomic E-state index is -0.0568. The van der Waals surface area contributed by atoms with Gasteiger partial charge < -0.3 is 4.90 Å². The predicted octanol–water partition coefficient (Wildman–Crippen LogP) is 2.77. The summed E-state index contributed by atoms with van der Waals surface area (Å²) in [5.74, 6) is -0.0487. The normalized spacial score (nSPS) is 28.1. The molecule has 0 saturated heterocycles. The second-order valence-corrected chi connectivity index (χ2v) is 5.12. The number of hydrogen-bond donors (Lipinski definition) is 0. The maximum Gasteiger partial charge on any atom is 0.246 e. The third-order valence-corrected chi connectivity index (χ3v) is 4.00. The number of carbonyl (C=O) groups excluding carboxylic acids is 1. The number of aryl methyl sites for hydroxylation is 1. The summed E-state index contributed by atoms with van der Waals surface area (Å²) in [6, 6.07) is 6.39. The zero-order valence-electron chi connectivity index (χ0n) is 10.6. The molecule has 2 unspecified atom stereocenters. The highest BCUT2D eigenvalue weighted by atomic mass is 35.5. The Bertz CT molecular complexity index is 555. The van der Waals surface area contributed by atoms with Crippen molar-refractivity contribution in [2.45, 2.75) is 24.8 Å². The van der Waals surface area contributed by atoms with Gasteiger partial charge in [0.2, 0.25) is 5.91 Å². The number of hydrogen-bond acceptors (Lipinski definition) is 1. The second kappa shape index (κ2) is 3.88. The van der Waals surface area contributed by atoms with Crippen LogP contribution in [0.15, 0.2) is 30.3 Å². The van der Waals surface area contributed by atoms with Gasteiger partial charge in [0, 0.05) is 24.0 Å². The summed E-state index contributed by atoms with van der Waals surface area (Å²) in [4.78, 5) is 13.5. The van der Waals surface area contributed by atoms with Gasteiger partial charge in [-0.2, -0.15) is 0 Å². The van der Waals surface area contributed by atoms with Crippen LogP contribution in [-0.2, 0) is 11.2 Å². The van der Waals surface area contributed by atoms with Crippen molar-refractivity contribution in [1.82, 2.24) is 4.90 Å². The molecule has 2 atom stereocenters. The lowest BCUT2D eigenvalue weighted by molar-refractivity contribution is -0.128. The Labute approximate surface area is 107 Å². The summed E-state index contributed by atoms with van der Waals surface area (Å²) < 4.78 is 8.08. The maximum atomic E-state index is 11.7. The second-order valence-electron chi connectivity index (χ2n) is 4.69. The lowest BCUT2D eigenvalue weighted by atomic mass is 9.77. The monoisotopic (exact) mass is 248 g/mol. The van der Waals surface area contributed by atoms with E-state index in [2.05, 4.69) is 0 Å². The summed E-state index contributed by atoms with van der Waals surface area (Å²) >= 11 is 6.01. The van der Waals surface area contributed by atoms with Gasteiger partial charge in [0.25, 0.3) is 0 Å². The molecule has 17 heavy (non-hydrogen) atoms. The molecule has 3 heteroatoms. The molecule has 0 N–H and O–H groups in total. The van der Waals surface area contributed by atoms with Crippen molar-refractivity contribution in [3.05, 3.63) is 46.5 Å². The minimum absolute atomic E-state index is 0.00807. The lowest BCUT2D eigenvalue weighted by Gasteiger charge is -2.40. The van der Waals surface area contributed by atoms with Crippen LogP contribution in [-0.4, -0.2) is 23.9 Å². The van der Waals surface area contributed by atoms with Gasteiger partial charge in [-0.25, -0.2) is 0 Å². The molecule has 3 rings (SSSR count). The van der Waals surface area contributed by atoms with E-state index in [1.807, 2.05) is 25.2 Å². The zero-order valence-corrected chi connectivity index (χ0v) is 10.4. The van der Waals surface area contributed by atoms with E-state index in [1.165, 1.54) is 11.6 Å². The van der Waals surface area contributed by atoms with E-state index < -0.39 is 0 Å². The van der Waals surface area contributed by atoms with Gasteiger partial charge in [0.05, 0.1) is 1.37 Å². The van der Waals surface area contributed by atoms with Crippen molar-refractivity contribution in [3.8, 4) is 0 Å². The van der Waals surface area contributed by atoms with E-state index in [0.717, 1.165) is 23.4 Å². The molecule has 0 spiro atoms. The van der Waals surface area contributed by atoms with Crippen LogP contribution in [0.5, 0.6) is 0 Å². The van der Waals surface area contributed by atoms with Crippen LogP contribution < -0.4 is 0 Å². The molecular weight excluding hydrogens is 234 g/mol.